The molecule has 19 heavy (non-hydrogen) atoms. The summed E-state index contributed by atoms with van der Waals surface area (Å²) < 4.78 is 19.2. The first-order chi connectivity index (χ1) is 9.06. The fourth-order valence-electron chi connectivity index (χ4n) is 1.28. The molecule has 0 atom stereocenters. The van der Waals surface area contributed by atoms with Crippen LogP contribution in [0, 0.1) is 6.92 Å². The van der Waals surface area contributed by atoms with Gasteiger partial charge in [0.1, 0.15) is 11.5 Å². The van der Waals surface area contributed by atoms with E-state index in [9.17, 15) is 9.59 Å². The number of rotatable bonds is 4. The SMILES string of the molecule is CCOC(=O)Oc1ccc(OC(=O)OCC)c(C)c1. The molecule has 104 valence electrons. The van der Waals surface area contributed by atoms with Gasteiger partial charge in [-0.3, -0.25) is 0 Å². The van der Waals surface area contributed by atoms with E-state index in [1.54, 1.807) is 26.8 Å². The zero-order valence-corrected chi connectivity index (χ0v) is 11.1. The molecule has 1 rings (SSSR count). The Labute approximate surface area is 111 Å². The van der Waals surface area contributed by atoms with Crippen molar-refractivity contribution in [1.29, 1.82) is 0 Å². The van der Waals surface area contributed by atoms with Gasteiger partial charge in [-0.25, -0.2) is 9.59 Å². The lowest BCUT2D eigenvalue weighted by Gasteiger charge is -2.09. The van der Waals surface area contributed by atoms with Crippen LogP contribution >= 0.6 is 0 Å². The normalized spacial score (nSPS) is 9.63. The van der Waals surface area contributed by atoms with Gasteiger partial charge in [-0.05, 0) is 44.5 Å². The maximum atomic E-state index is 11.2. The first kappa shape index (κ1) is 14.8. The van der Waals surface area contributed by atoms with Crippen LogP contribution in [0.25, 0.3) is 0 Å². The van der Waals surface area contributed by atoms with Crippen LogP contribution in [0.4, 0.5) is 9.59 Å². The van der Waals surface area contributed by atoms with Crippen molar-refractivity contribution >= 4 is 12.3 Å². The highest BCUT2D eigenvalue weighted by atomic mass is 16.7. The Bertz CT molecular complexity index is 454. The number of carbonyl (C=O) groups is 2. The van der Waals surface area contributed by atoms with E-state index in [2.05, 4.69) is 9.47 Å². The van der Waals surface area contributed by atoms with Crippen LogP contribution in [0.1, 0.15) is 19.4 Å². The van der Waals surface area contributed by atoms with Crippen molar-refractivity contribution in [3.8, 4) is 11.5 Å². The molecule has 0 aliphatic carbocycles. The molecule has 0 saturated heterocycles. The van der Waals surface area contributed by atoms with Crippen molar-refractivity contribution in [3.05, 3.63) is 23.8 Å². The lowest BCUT2D eigenvalue weighted by atomic mass is 10.2. The second kappa shape index (κ2) is 7.25. The van der Waals surface area contributed by atoms with Crippen LogP contribution < -0.4 is 9.47 Å². The van der Waals surface area contributed by atoms with Crippen LogP contribution in [0.2, 0.25) is 0 Å². The molecule has 0 amide bonds. The predicted octanol–water partition coefficient (Wildman–Crippen LogP) is 3.07. The molecule has 0 saturated carbocycles. The molecule has 0 aliphatic rings. The van der Waals surface area contributed by atoms with Gasteiger partial charge in [0.05, 0.1) is 13.2 Å². The predicted molar refractivity (Wildman–Crippen MR) is 66.5 cm³/mol. The maximum Gasteiger partial charge on any atom is 0.513 e. The molecule has 0 radical (unpaired) electrons. The number of hydrogen-bond acceptors (Lipinski definition) is 6. The topological polar surface area (TPSA) is 71.1 Å². The summed E-state index contributed by atoms with van der Waals surface area (Å²) >= 11 is 0. The molecule has 0 spiro atoms. The number of aryl methyl sites for hydroxylation is 1. The Hall–Kier alpha value is -2.24. The molecule has 6 heteroatoms. The molecule has 0 unspecified atom stereocenters. The minimum Gasteiger partial charge on any atom is -0.434 e. The summed E-state index contributed by atoms with van der Waals surface area (Å²) in [4.78, 5) is 22.3. The number of carbonyl (C=O) groups excluding carboxylic acids is 2. The number of benzene rings is 1. The van der Waals surface area contributed by atoms with Crippen molar-refractivity contribution < 1.29 is 28.5 Å². The van der Waals surface area contributed by atoms with Crippen LogP contribution in [0.3, 0.4) is 0 Å². The van der Waals surface area contributed by atoms with E-state index >= 15 is 0 Å². The summed E-state index contributed by atoms with van der Waals surface area (Å²) in [5.74, 6) is 0.654. The molecule has 0 N–H and O–H groups in total. The van der Waals surface area contributed by atoms with Gasteiger partial charge in [-0.1, -0.05) is 0 Å². The smallest absolute Gasteiger partial charge is 0.434 e. The molecule has 0 fully saturated rings. The second-order valence-electron chi connectivity index (χ2n) is 3.50. The molecular formula is C13H16O6. The summed E-state index contributed by atoms with van der Waals surface area (Å²) in [5.41, 5.74) is 0.634. The molecule has 0 heterocycles. The van der Waals surface area contributed by atoms with Crippen molar-refractivity contribution in [3.63, 3.8) is 0 Å². The molecule has 0 bridgehead atoms. The molecular weight excluding hydrogens is 252 g/mol. The molecule has 0 aliphatic heterocycles. The Morgan fingerprint density at radius 2 is 1.58 bits per heavy atom. The lowest BCUT2D eigenvalue weighted by Crippen LogP contribution is -2.12. The zero-order chi connectivity index (χ0) is 14.3. The zero-order valence-electron chi connectivity index (χ0n) is 11.1. The Morgan fingerprint density at radius 1 is 1.00 bits per heavy atom. The van der Waals surface area contributed by atoms with Gasteiger partial charge in [-0.15, -0.1) is 0 Å². The standard InChI is InChI=1S/C13H16O6/c1-4-16-12(14)18-10-6-7-11(9(3)8-10)19-13(15)17-5-2/h6-8H,4-5H2,1-3H3. The van der Waals surface area contributed by atoms with Gasteiger partial charge in [0.2, 0.25) is 0 Å². The minimum absolute atomic E-state index is 0.238. The van der Waals surface area contributed by atoms with Gasteiger partial charge >= 0.3 is 12.3 Å². The summed E-state index contributed by atoms with van der Waals surface area (Å²) in [6.45, 7) is 5.56. The first-order valence-electron chi connectivity index (χ1n) is 5.86. The first-order valence-corrected chi connectivity index (χ1v) is 5.86. The summed E-state index contributed by atoms with van der Waals surface area (Å²) in [7, 11) is 0. The van der Waals surface area contributed by atoms with Gasteiger partial charge in [0.15, 0.2) is 0 Å². The van der Waals surface area contributed by atoms with Gasteiger partial charge in [-0.2, -0.15) is 0 Å². The van der Waals surface area contributed by atoms with Crippen molar-refractivity contribution in [2.45, 2.75) is 20.8 Å². The molecule has 1 aromatic rings. The lowest BCUT2D eigenvalue weighted by molar-refractivity contribution is 0.101. The average molecular weight is 268 g/mol. The second-order valence-corrected chi connectivity index (χ2v) is 3.50. The van der Waals surface area contributed by atoms with Crippen molar-refractivity contribution in [1.82, 2.24) is 0 Å². The molecule has 0 aromatic heterocycles. The van der Waals surface area contributed by atoms with Crippen LogP contribution in [0.15, 0.2) is 18.2 Å². The van der Waals surface area contributed by atoms with Crippen LogP contribution in [-0.2, 0) is 9.47 Å². The average Bonchev–Trinajstić information content (AvgIpc) is 2.33. The monoisotopic (exact) mass is 268 g/mol. The third-order valence-corrected chi connectivity index (χ3v) is 2.07. The highest BCUT2D eigenvalue weighted by Crippen LogP contribution is 2.24. The van der Waals surface area contributed by atoms with Crippen LogP contribution in [0.5, 0.6) is 11.5 Å². The summed E-state index contributed by atoms with van der Waals surface area (Å²) in [5, 5.41) is 0. The Kier molecular flexibility index (Phi) is 5.66. The van der Waals surface area contributed by atoms with E-state index in [-0.39, 0.29) is 13.2 Å². The summed E-state index contributed by atoms with van der Waals surface area (Å²) in [6.07, 6.45) is -1.55. The number of hydrogen-bond donors (Lipinski definition) is 0. The quantitative estimate of drug-likeness (QED) is 0.617. The highest BCUT2D eigenvalue weighted by molar-refractivity contribution is 5.66. The van der Waals surface area contributed by atoms with E-state index in [1.165, 1.54) is 12.1 Å². The Morgan fingerprint density at radius 3 is 2.11 bits per heavy atom. The van der Waals surface area contributed by atoms with Crippen molar-refractivity contribution in [2.75, 3.05) is 13.2 Å². The largest absolute Gasteiger partial charge is 0.513 e. The highest BCUT2D eigenvalue weighted by Gasteiger charge is 2.10. The van der Waals surface area contributed by atoms with Gasteiger partial charge in [0, 0.05) is 0 Å². The van der Waals surface area contributed by atoms with Crippen LogP contribution in [-0.4, -0.2) is 25.5 Å². The van der Waals surface area contributed by atoms with Gasteiger partial charge in [0.25, 0.3) is 0 Å². The van der Waals surface area contributed by atoms with E-state index in [1.807, 2.05) is 0 Å². The summed E-state index contributed by atoms with van der Waals surface area (Å²) in [6, 6.07) is 4.57. The number of ether oxygens (including phenoxy) is 4. The minimum atomic E-state index is -0.777. The van der Waals surface area contributed by atoms with E-state index in [4.69, 9.17) is 9.47 Å². The van der Waals surface area contributed by atoms with E-state index in [0.29, 0.717) is 17.1 Å². The Balaban J connectivity index is 2.69. The van der Waals surface area contributed by atoms with E-state index in [0.717, 1.165) is 0 Å². The van der Waals surface area contributed by atoms with E-state index < -0.39 is 12.3 Å². The van der Waals surface area contributed by atoms with Gasteiger partial charge < -0.3 is 18.9 Å². The fraction of sp³-hybridized carbons (Fsp3) is 0.385. The third-order valence-electron chi connectivity index (χ3n) is 2.07. The fourth-order valence-corrected chi connectivity index (χ4v) is 1.28. The van der Waals surface area contributed by atoms with Crippen molar-refractivity contribution in [2.24, 2.45) is 0 Å². The molecule has 1 aromatic carbocycles. The maximum absolute atomic E-state index is 11.2. The third kappa shape index (κ3) is 4.87. The molecule has 6 nitrogen and oxygen atoms in total.